The summed E-state index contributed by atoms with van der Waals surface area (Å²) in [6.45, 7) is 6.50. The van der Waals surface area contributed by atoms with E-state index in [0.717, 1.165) is 16.7 Å². The lowest BCUT2D eigenvalue weighted by Crippen LogP contribution is -2.62. The molecule has 0 bridgehead atoms. The fraction of sp³-hybridized carbons (Fsp3) is 0.355. The Bertz CT molecular complexity index is 1050. The van der Waals surface area contributed by atoms with Gasteiger partial charge in [0, 0.05) is 0 Å². The summed E-state index contributed by atoms with van der Waals surface area (Å²) in [4.78, 5) is 0. The maximum atomic E-state index is 10.3. The van der Waals surface area contributed by atoms with Crippen molar-refractivity contribution in [3.05, 3.63) is 120 Å². The minimum Gasteiger partial charge on any atom is -0.394 e. The molecule has 0 saturated carbocycles. The number of hydrogen-bond donors (Lipinski definition) is 1. The molecule has 3 aromatic rings. The minimum atomic E-state index is -0.786. The summed E-state index contributed by atoms with van der Waals surface area (Å²) < 4.78 is 31.7. The van der Waals surface area contributed by atoms with Crippen LogP contribution in [-0.4, -0.2) is 48.5 Å². The van der Waals surface area contributed by atoms with Crippen molar-refractivity contribution in [3.8, 4) is 0 Å². The monoisotopic (exact) mass is 504 g/mol. The third-order valence-electron chi connectivity index (χ3n) is 6.31. The SMILES string of the molecule is C=CC(C)OC1OC(CO)C(OCc2ccccc2)C(OCc2ccccc2)C1OCc1ccccc1. The summed E-state index contributed by atoms with van der Waals surface area (Å²) in [5.74, 6) is 0. The third kappa shape index (κ3) is 7.82. The third-order valence-corrected chi connectivity index (χ3v) is 6.31. The van der Waals surface area contributed by atoms with Crippen molar-refractivity contribution >= 4 is 0 Å². The Labute approximate surface area is 219 Å². The highest BCUT2D eigenvalue weighted by molar-refractivity contribution is 5.15. The molecule has 0 aliphatic carbocycles. The molecule has 3 aromatic carbocycles. The quantitative estimate of drug-likeness (QED) is 0.329. The summed E-state index contributed by atoms with van der Waals surface area (Å²) in [7, 11) is 0. The number of hydrogen-bond acceptors (Lipinski definition) is 6. The van der Waals surface area contributed by atoms with E-state index < -0.39 is 30.7 Å². The van der Waals surface area contributed by atoms with E-state index >= 15 is 0 Å². The molecule has 0 radical (unpaired) electrons. The summed E-state index contributed by atoms with van der Waals surface area (Å²) >= 11 is 0. The van der Waals surface area contributed by atoms with E-state index in [1.54, 1.807) is 6.08 Å². The van der Waals surface area contributed by atoms with Gasteiger partial charge in [0.25, 0.3) is 0 Å². The van der Waals surface area contributed by atoms with Crippen LogP contribution in [0.3, 0.4) is 0 Å². The molecule has 1 saturated heterocycles. The molecule has 1 N–H and O–H groups in total. The lowest BCUT2D eigenvalue weighted by molar-refractivity contribution is -0.330. The Morgan fingerprint density at radius 2 is 1.16 bits per heavy atom. The van der Waals surface area contributed by atoms with Gasteiger partial charge >= 0.3 is 0 Å². The van der Waals surface area contributed by atoms with Crippen LogP contribution in [0.4, 0.5) is 0 Å². The molecule has 6 atom stereocenters. The molecule has 1 aliphatic heterocycles. The predicted octanol–water partition coefficient (Wildman–Crippen LogP) is 5.05. The van der Waals surface area contributed by atoms with Crippen molar-refractivity contribution in [3.63, 3.8) is 0 Å². The van der Waals surface area contributed by atoms with Gasteiger partial charge in [-0.15, -0.1) is 6.58 Å². The maximum Gasteiger partial charge on any atom is 0.187 e. The molecule has 6 heteroatoms. The second-order valence-corrected chi connectivity index (χ2v) is 9.09. The van der Waals surface area contributed by atoms with Crippen molar-refractivity contribution in [2.45, 2.75) is 63.6 Å². The Kier molecular flexibility index (Phi) is 10.4. The van der Waals surface area contributed by atoms with Gasteiger partial charge < -0.3 is 28.8 Å². The maximum absolute atomic E-state index is 10.3. The molecule has 0 aromatic heterocycles. The van der Waals surface area contributed by atoms with Crippen LogP contribution < -0.4 is 0 Å². The van der Waals surface area contributed by atoms with Crippen molar-refractivity contribution in [1.82, 2.24) is 0 Å². The molecule has 196 valence electrons. The van der Waals surface area contributed by atoms with Crippen molar-refractivity contribution < 1.29 is 28.8 Å². The highest BCUT2D eigenvalue weighted by atomic mass is 16.7. The normalized spacial score (nSPS) is 24.4. The molecule has 6 unspecified atom stereocenters. The van der Waals surface area contributed by atoms with Crippen LogP contribution in [0, 0.1) is 0 Å². The lowest BCUT2D eigenvalue weighted by Gasteiger charge is -2.46. The zero-order valence-electron chi connectivity index (χ0n) is 21.2. The molecule has 0 amide bonds. The summed E-state index contributed by atoms with van der Waals surface area (Å²) in [6, 6.07) is 29.8. The molecule has 1 heterocycles. The van der Waals surface area contributed by atoms with Gasteiger partial charge in [-0.05, 0) is 23.6 Å². The second-order valence-electron chi connectivity index (χ2n) is 9.09. The van der Waals surface area contributed by atoms with Crippen molar-refractivity contribution in [1.29, 1.82) is 0 Å². The van der Waals surface area contributed by atoms with Gasteiger partial charge in [0.1, 0.15) is 24.4 Å². The summed E-state index contributed by atoms with van der Waals surface area (Å²) in [5.41, 5.74) is 3.06. The zero-order chi connectivity index (χ0) is 25.9. The highest BCUT2D eigenvalue weighted by Crippen LogP contribution is 2.31. The molecule has 1 aliphatic rings. The Hall–Kier alpha value is -2.84. The van der Waals surface area contributed by atoms with Crippen LogP contribution in [0.25, 0.3) is 0 Å². The molecular weight excluding hydrogens is 468 g/mol. The number of ether oxygens (including phenoxy) is 5. The van der Waals surface area contributed by atoms with Gasteiger partial charge in [0.2, 0.25) is 0 Å². The van der Waals surface area contributed by atoms with Crippen LogP contribution in [0.2, 0.25) is 0 Å². The van der Waals surface area contributed by atoms with Gasteiger partial charge in [-0.2, -0.15) is 0 Å². The predicted molar refractivity (Wildman–Crippen MR) is 142 cm³/mol. The van der Waals surface area contributed by atoms with Crippen LogP contribution >= 0.6 is 0 Å². The number of aliphatic hydroxyl groups is 1. The Morgan fingerprint density at radius 3 is 1.59 bits per heavy atom. The van der Waals surface area contributed by atoms with Crippen LogP contribution in [0.5, 0.6) is 0 Å². The molecule has 0 spiro atoms. The Morgan fingerprint density at radius 1 is 0.730 bits per heavy atom. The first-order chi connectivity index (χ1) is 18.2. The molecular formula is C31H36O6. The van der Waals surface area contributed by atoms with Crippen LogP contribution in [0.1, 0.15) is 23.6 Å². The molecule has 37 heavy (non-hydrogen) atoms. The molecule has 4 rings (SSSR count). The first kappa shape index (κ1) is 27.2. The van der Waals surface area contributed by atoms with Gasteiger partial charge in [-0.1, -0.05) is 97.1 Å². The van der Waals surface area contributed by atoms with E-state index in [0.29, 0.717) is 19.8 Å². The van der Waals surface area contributed by atoms with Gasteiger partial charge in [0.05, 0.1) is 32.5 Å². The van der Waals surface area contributed by atoms with E-state index in [1.165, 1.54) is 0 Å². The zero-order valence-corrected chi connectivity index (χ0v) is 21.2. The number of benzene rings is 3. The van der Waals surface area contributed by atoms with E-state index in [4.69, 9.17) is 23.7 Å². The van der Waals surface area contributed by atoms with Crippen LogP contribution in [-0.2, 0) is 43.5 Å². The first-order valence-corrected chi connectivity index (χ1v) is 12.7. The lowest BCUT2D eigenvalue weighted by atomic mass is 9.97. The smallest absolute Gasteiger partial charge is 0.187 e. The van der Waals surface area contributed by atoms with Gasteiger partial charge in [-0.3, -0.25) is 0 Å². The largest absolute Gasteiger partial charge is 0.394 e. The standard InChI is InChI=1S/C31H36O6/c1-3-23(2)36-31-30(35-22-26-17-11-6-12-18-26)29(34-21-25-15-9-5-10-16-25)28(27(19-32)37-31)33-20-24-13-7-4-8-14-24/h3-18,23,27-32H,1,19-22H2,2H3. The fourth-order valence-electron chi connectivity index (χ4n) is 4.27. The first-order valence-electron chi connectivity index (χ1n) is 12.7. The van der Waals surface area contributed by atoms with Gasteiger partial charge in [-0.25, -0.2) is 0 Å². The van der Waals surface area contributed by atoms with E-state index in [2.05, 4.69) is 6.58 Å². The number of rotatable bonds is 13. The molecule has 1 fully saturated rings. The Balaban J connectivity index is 1.61. The average molecular weight is 505 g/mol. The highest BCUT2D eigenvalue weighted by Gasteiger charge is 2.49. The average Bonchev–Trinajstić information content (AvgIpc) is 2.95. The fourth-order valence-corrected chi connectivity index (χ4v) is 4.27. The van der Waals surface area contributed by atoms with E-state index in [1.807, 2.05) is 97.9 Å². The summed E-state index contributed by atoms with van der Waals surface area (Å²) in [6.07, 6.45) is -1.81. The van der Waals surface area contributed by atoms with E-state index in [-0.39, 0.29) is 12.7 Å². The van der Waals surface area contributed by atoms with Gasteiger partial charge in [0.15, 0.2) is 6.29 Å². The number of aliphatic hydroxyl groups excluding tert-OH is 1. The van der Waals surface area contributed by atoms with Crippen molar-refractivity contribution in [2.75, 3.05) is 6.61 Å². The second kappa shape index (κ2) is 14.2. The summed E-state index contributed by atoms with van der Waals surface area (Å²) in [5, 5.41) is 10.3. The minimum absolute atomic E-state index is 0.252. The van der Waals surface area contributed by atoms with Crippen molar-refractivity contribution in [2.24, 2.45) is 0 Å². The molecule has 6 nitrogen and oxygen atoms in total. The van der Waals surface area contributed by atoms with Crippen LogP contribution in [0.15, 0.2) is 104 Å². The topological polar surface area (TPSA) is 66.4 Å². The van der Waals surface area contributed by atoms with E-state index in [9.17, 15) is 5.11 Å².